The Balaban J connectivity index is 3.28. The number of carbonyl (C=O) groups is 1. The zero-order chi connectivity index (χ0) is 11.5. The molecule has 0 heterocycles. The number of nitrogens with one attached hydrogen (secondary N) is 1. The van der Waals surface area contributed by atoms with Crippen LogP contribution in [0.1, 0.15) is 26.2 Å². The van der Waals surface area contributed by atoms with Gasteiger partial charge in [-0.15, -0.1) is 0 Å². The molecular weight excluding hydrogens is 192 g/mol. The third-order valence-corrected chi connectivity index (χ3v) is 1.86. The van der Waals surface area contributed by atoms with Gasteiger partial charge in [0.1, 0.15) is 11.6 Å². The molecule has 0 radical (unpaired) electrons. The number of amides is 1. The number of carbonyl (C=O) groups excluding carboxylic acids is 1. The molecule has 4 heteroatoms. The van der Waals surface area contributed by atoms with Gasteiger partial charge < -0.3 is 10.1 Å². The molecule has 15 heavy (non-hydrogen) atoms. The molecule has 1 amide bonds. The summed E-state index contributed by atoms with van der Waals surface area (Å²) < 4.78 is 5.17. The van der Waals surface area contributed by atoms with E-state index in [1.54, 1.807) is 6.07 Å². The van der Waals surface area contributed by atoms with Gasteiger partial charge >= 0.3 is 0 Å². The van der Waals surface area contributed by atoms with Crippen molar-refractivity contribution in [2.75, 3.05) is 19.8 Å². The van der Waals surface area contributed by atoms with E-state index < -0.39 is 0 Å². The lowest BCUT2D eigenvalue weighted by atomic mass is 10.2. The Morgan fingerprint density at radius 1 is 1.47 bits per heavy atom. The number of hydrogen-bond acceptors (Lipinski definition) is 3. The first-order chi connectivity index (χ1) is 7.22. The fourth-order valence-corrected chi connectivity index (χ4v) is 1.01. The van der Waals surface area contributed by atoms with E-state index in [0.29, 0.717) is 6.54 Å². The van der Waals surface area contributed by atoms with Crippen molar-refractivity contribution in [1.29, 1.82) is 5.26 Å². The Morgan fingerprint density at radius 2 is 2.20 bits per heavy atom. The summed E-state index contributed by atoms with van der Waals surface area (Å²) in [4.78, 5) is 11.1. The molecule has 0 saturated heterocycles. The Hall–Kier alpha value is -1.34. The van der Waals surface area contributed by atoms with Crippen LogP contribution in [-0.4, -0.2) is 25.7 Å². The monoisotopic (exact) mass is 210 g/mol. The van der Waals surface area contributed by atoms with Crippen molar-refractivity contribution >= 4 is 5.91 Å². The number of ether oxygens (including phenoxy) is 1. The van der Waals surface area contributed by atoms with E-state index >= 15 is 0 Å². The van der Waals surface area contributed by atoms with E-state index in [1.807, 2.05) is 6.92 Å². The Morgan fingerprint density at radius 3 is 2.80 bits per heavy atom. The molecule has 0 atom stereocenters. The van der Waals surface area contributed by atoms with E-state index in [4.69, 9.17) is 10.00 Å². The summed E-state index contributed by atoms with van der Waals surface area (Å²) in [6, 6.07) is 1.71. The van der Waals surface area contributed by atoms with Gasteiger partial charge in [0.25, 0.3) is 5.91 Å². The second-order valence-corrected chi connectivity index (χ2v) is 3.10. The second kappa shape index (κ2) is 9.22. The molecule has 0 rings (SSSR count). The van der Waals surface area contributed by atoms with Gasteiger partial charge in [-0.3, -0.25) is 4.79 Å². The normalized spacial score (nSPS) is 9.33. The van der Waals surface area contributed by atoms with Crippen LogP contribution in [0.3, 0.4) is 0 Å². The quantitative estimate of drug-likeness (QED) is 0.374. The molecule has 0 aromatic rings. The van der Waals surface area contributed by atoms with Gasteiger partial charge in [-0.05, 0) is 26.2 Å². The Bertz CT molecular complexity index is 243. The number of hydrogen-bond donors (Lipinski definition) is 1. The van der Waals surface area contributed by atoms with E-state index in [1.165, 1.54) is 0 Å². The van der Waals surface area contributed by atoms with Crippen LogP contribution >= 0.6 is 0 Å². The molecule has 4 nitrogen and oxygen atoms in total. The van der Waals surface area contributed by atoms with Crippen molar-refractivity contribution in [3.63, 3.8) is 0 Å². The summed E-state index contributed by atoms with van der Waals surface area (Å²) in [7, 11) is 0. The third-order valence-electron chi connectivity index (χ3n) is 1.86. The standard InChI is InChI=1S/C11H18N2O2/c1-3-15-8-6-4-5-7-13-11(14)10(2)9-12/h2-8H2,1H3,(H,13,14). The third kappa shape index (κ3) is 7.71. The van der Waals surface area contributed by atoms with Crippen LogP contribution in [0.25, 0.3) is 0 Å². The lowest BCUT2D eigenvalue weighted by Gasteiger charge is -2.03. The minimum atomic E-state index is -0.373. The van der Waals surface area contributed by atoms with Gasteiger partial charge in [-0.25, -0.2) is 0 Å². The molecule has 0 aromatic heterocycles. The number of rotatable bonds is 8. The lowest BCUT2D eigenvalue weighted by Crippen LogP contribution is -2.25. The van der Waals surface area contributed by atoms with Crippen LogP contribution in [0.4, 0.5) is 0 Å². The highest BCUT2D eigenvalue weighted by atomic mass is 16.5. The molecule has 84 valence electrons. The first kappa shape index (κ1) is 13.7. The minimum absolute atomic E-state index is 0.0377. The van der Waals surface area contributed by atoms with E-state index in [2.05, 4.69) is 11.9 Å². The highest BCUT2D eigenvalue weighted by Gasteiger charge is 2.03. The molecule has 0 aromatic carbocycles. The van der Waals surface area contributed by atoms with Crippen molar-refractivity contribution in [3.05, 3.63) is 12.2 Å². The highest BCUT2D eigenvalue weighted by Crippen LogP contribution is 1.95. The number of nitrogens with zero attached hydrogens (tertiary/aromatic N) is 1. The molecular formula is C11H18N2O2. The topological polar surface area (TPSA) is 62.1 Å². The number of unbranched alkanes of at least 4 members (excludes halogenated alkanes) is 2. The largest absolute Gasteiger partial charge is 0.382 e. The van der Waals surface area contributed by atoms with Gasteiger partial charge in [-0.2, -0.15) is 5.26 Å². The Labute approximate surface area is 90.9 Å². The summed E-state index contributed by atoms with van der Waals surface area (Å²) in [6.07, 6.45) is 2.92. The van der Waals surface area contributed by atoms with Crippen molar-refractivity contribution in [2.24, 2.45) is 0 Å². The van der Waals surface area contributed by atoms with Gasteiger partial charge in [0.2, 0.25) is 0 Å². The molecule has 0 saturated carbocycles. The van der Waals surface area contributed by atoms with Crippen molar-refractivity contribution in [3.8, 4) is 6.07 Å². The van der Waals surface area contributed by atoms with E-state index in [9.17, 15) is 4.79 Å². The molecule has 0 aliphatic rings. The van der Waals surface area contributed by atoms with Crippen LogP contribution < -0.4 is 5.32 Å². The van der Waals surface area contributed by atoms with Crippen molar-refractivity contribution in [2.45, 2.75) is 26.2 Å². The summed E-state index contributed by atoms with van der Waals surface area (Å²) in [5.74, 6) is -0.373. The molecule has 0 bridgehead atoms. The molecule has 0 spiro atoms. The van der Waals surface area contributed by atoms with Crippen LogP contribution in [-0.2, 0) is 9.53 Å². The van der Waals surface area contributed by atoms with Crippen LogP contribution in [0, 0.1) is 11.3 Å². The summed E-state index contributed by atoms with van der Waals surface area (Å²) in [5, 5.41) is 11.0. The second-order valence-electron chi connectivity index (χ2n) is 3.10. The maximum Gasteiger partial charge on any atom is 0.261 e. The highest BCUT2D eigenvalue weighted by molar-refractivity contribution is 5.96. The summed E-state index contributed by atoms with van der Waals surface area (Å²) in [5.41, 5.74) is -0.0377. The van der Waals surface area contributed by atoms with Gasteiger partial charge in [0.05, 0.1) is 0 Å². The maximum atomic E-state index is 11.1. The first-order valence-corrected chi connectivity index (χ1v) is 5.17. The Kier molecular flexibility index (Phi) is 8.40. The van der Waals surface area contributed by atoms with Crippen LogP contribution in [0.15, 0.2) is 12.2 Å². The van der Waals surface area contributed by atoms with Crippen LogP contribution in [0.2, 0.25) is 0 Å². The minimum Gasteiger partial charge on any atom is -0.382 e. The zero-order valence-corrected chi connectivity index (χ0v) is 9.21. The average molecular weight is 210 g/mol. The number of nitriles is 1. The molecule has 0 fully saturated rings. The zero-order valence-electron chi connectivity index (χ0n) is 9.21. The van der Waals surface area contributed by atoms with Gasteiger partial charge in [-0.1, -0.05) is 6.58 Å². The smallest absolute Gasteiger partial charge is 0.261 e. The predicted molar refractivity (Wildman–Crippen MR) is 58.1 cm³/mol. The predicted octanol–water partition coefficient (Wildman–Crippen LogP) is 1.39. The fraction of sp³-hybridized carbons (Fsp3) is 0.636. The van der Waals surface area contributed by atoms with Gasteiger partial charge in [0, 0.05) is 19.8 Å². The first-order valence-electron chi connectivity index (χ1n) is 5.17. The molecule has 1 N–H and O–H groups in total. The van der Waals surface area contributed by atoms with Crippen molar-refractivity contribution in [1.82, 2.24) is 5.32 Å². The lowest BCUT2D eigenvalue weighted by molar-refractivity contribution is -0.117. The van der Waals surface area contributed by atoms with Gasteiger partial charge in [0.15, 0.2) is 0 Å². The molecule has 0 unspecified atom stereocenters. The molecule has 0 aliphatic carbocycles. The molecule has 0 aliphatic heterocycles. The van der Waals surface area contributed by atoms with E-state index in [-0.39, 0.29) is 11.5 Å². The SMILES string of the molecule is C=C(C#N)C(=O)NCCCCCOCC. The summed E-state index contributed by atoms with van der Waals surface area (Å²) >= 11 is 0. The average Bonchev–Trinajstić information content (AvgIpc) is 2.26. The fourth-order valence-electron chi connectivity index (χ4n) is 1.01. The summed E-state index contributed by atoms with van der Waals surface area (Å²) in [6.45, 7) is 7.40. The maximum absolute atomic E-state index is 11.1. The van der Waals surface area contributed by atoms with Crippen LogP contribution in [0.5, 0.6) is 0 Å². The van der Waals surface area contributed by atoms with Crippen molar-refractivity contribution < 1.29 is 9.53 Å². The van der Waals surface area contributed by atoms with E-state index in [0.717, 1.165) is 32.5 Å².